The van der Waals surface area contributed by atoms with Crippen LogP contribution in [0.3, 0.4) is 0 Å². The molecule has 2 heterocycles. The smallest absolute Gasteiger partial charge is 0.415 e. The van der Waals surface area contributed by atoms with Gasteiger partial charge in [0, 0.05) is 38.4 Å². The lowest BCUT2D eigenvalue weighted by Crippen LogP contribution is -2.53. The van der Waals surface area contributed by atoms with Gasteiger partial charge in [-0.05, 0) is 70.0 Å². The zero-order valence-corrected chi connectivity index (χ0v) is 23.9. The van der Waals surface area contributed by atoms with Gasteiger partial charge in [0.25, 0.3) is 0 Å². The number of amides is 2. The third-order valence-electron chi connectivity index (χ3n) is 7.06. The Morgan fingerprint density at radius 1 is 1.02 bits per heavy atom. The predicted molar refractivity (Wildman–Crippen MR) is 149 cm³/mol. The van der Waals surface area contributed by atoms with Crippen molar-refractivity contribution < 1.29 is 32.3 Å². The van der Waals surface area contributed by atoms with Crippen LogP contribution in [0.15, 0.2) is 53.4 Å². The van der Waals surface area contributed by atoms with Crippen molar-refractivity contribution in [2.24, 2.45) is 0 Å². The predicted octanol–water partition coefficient (Wildman–Crippen LogP) is 2.54. The van der Waals surface area contributed by atoms with Gasteiger partial charge in [-0.25, -0.2) is 18.0 Å². The number of piperazine rings is 1. The number of carbonyl (C=O) groups is 3. The molecule has 40 heavy (non-hydrogen) atoms. The van der Waals surface area contributed by atoms with Crippen LogP contribution < -0.4 is 15.0 Å². The van der Waals surface area contributed by atoms with E-state index in [0.717, 1.165) is 5.56 Å². The van der Waals surface area contributed by atoms with Gasteiger partial charge < -0.3 is 19.7 Å². The average molecular weight is 573 g/mol. The van der Waals surface area contributed by atoms with Gasteiger partial charge in [-0.3, -0.25) is 9.69 Å². The van der Waals surface area contributed by atoms with Crippen LogP contribution in [0.4, 0.5) is 10.5 Å². The van der Waals surface area contributed by atoms with Gasteiger partial charge in [-0.2, -0.15) is 4.31 Å². The molecule has 2 amide bonds. The molecule has 11 nitrogen and oxygen atoms in total. The lowest BCUT2D eigenvalue weighted by atomic mass is 10.1. The maximum Gasteiger partial charge on any atom is 0.415 e. The number of nitrogens with one attached hydrogen (secondary N) is 1. The first-order valence-electron chi connectivity index (χ1n) is 13.5. The molecule has 2 aromatic carbocycles. The molecule has 0 bridgehead atoms. The first-order valence-corrected chi connectivity index (χ1v) is 14.9. The van der Waals surface area contributed by atoms with Crippen molar-refractivity contribution in [1.82, 2.24) is 14.5 Å². The minimum atomic E-state index is -3.95. The highest BCUT2D eigenvalue weighted by atomic mass is 32.2. The molecule has 0 saturated carbocycles. The summed E-state index contributed by atoms with van der Waals surface area (Å²) in [7, 11) is -3.95. The number of benzene rings is 2. The fraction of sp³-hybridized carbons (Fsp3) is 0.464. The molecule has 0 aliphatic carbocycles. The van der Waals surface area contributed by atoms with E-state index in [0.29, 0.717) is 44.7 Å². The van der Waals surface area contributed by atoms with Crippen molar-refractivity contribution in [1.29, 1.82) is 0 Å². The second kappa shape index (κ2) is 12.8. The van der Waals surface area contributed by atoms with Crippen LogP contribution in [0.1, 0.15) is 32.3 Å². The monoisotopic (exact) mass is 572 g/mol. The molecule has 1 N–H and O–H groups in total. The lowest BCUT2D eigenvalue weighted by molar-refractivity contribution is -0.145. The van der Waals surface area contributed by atoms with Crippen LogP contribution in [0.25, 0.3) is 0 Å². The quantitative estimate of drug-likeness (QED) is 0.479. The molecule has 2 aliphatic heterocycles. The summed E-state index contributed by atoms with van der Waals surface area (Å²) in [5.41, 5.74) is 1.27. The number of nitrogens with zero attached hydrogens (tertiary/aromatic N) is 3. The number of carbonyl (C=O) groups excluding carboxylic acids is 3. The molecule has 0 radical (unpaired) electrons. The summed E-state index contributed by atoms with van der Waals surface area (Å²) < 4.78 is 38.9. The Morgan fingerprint density at radius 2 is 1.68 bits per heavy atom. The summed E-state index contributed by atoms with van der Waals surface area (Å²) in [6, 6.07) is 10.7. The van der Waals surface area contributed by atoms with E-state index in [4.69, 9.17) is 9.47 Å². The first-order chi connectivity index (χ1) is 19.1. The minimum Gasteiger partial charge on any atom is -0.464 e. The number of aryl methyl sites for hydroxylation is 1. The van der Waals surface area contributed by atoms with E-state index in [9.17, 15) is 22.8 Å². The Hall–Kier alpha value is -3.48. The van der Waals surface area contributed by atoms with E-state index in [1.54, 1.807) is 55.1 Å². The summed E-state index contributed by atoms with van der Waals surface area (Å²) in [6.07, 6.45) is 0.352. The highest BCUT2D eigenvalue weighted by Crippen LogP contribution is 2.31. The SMILES string of the molecule is CCOC(=O)[C@H](C)N(C(=O)[C@@H]1CCCN1S(=O)(=O)c1ccc(C)cc1)c1ccc(OC(=O)N2CCNCC2)cc1. The van der Waals surface area contributed by atoms with Gasteiger partial charge in [-0.15, -0.1) is 0 Å². The molecule has 12 heteroatoms. The maximum atomic E-state index is 14.0. The number of ether oxygens (including phenoxy) is 2. The Morgan fingerprint density at radius 3 is 2.30 bits per heavy atom. The Balaban J connectivity index is 1.59. The zero-order chi connectivity index (χ0) is 28.9. The van der Waals surface area contributed by atoms with Gasteiger partial charge >= 0.3 is 12.1 Å². The molecule has 216 valence electrons. The van der Waals surface area contributed by atoms with E-state index in [1.807, 2.05) is 6.92 Å². The van der Waals surface area contributed by atoms with Crippen LogP contribution in [0.5, 0.6) is 5.75 Å². The van der Waals surface area contributed by atoms with Crippen LogP contribution in [-0.4, -0.2) is 87.0 Å². The molecule has 2 saturated heterocycles. The molecule has 0 aromatic heterocycles. The molecule has 2 atom stereocenters. The second-order valence-electron chi connectivity index (χ2n) is 9.82. The summed E-state index contributed by atoms with van der Waals surface area (Å²) in [5, 5.41) is 3.17. The van der Waals surface area contributed by atoms with Crippen LogP contribution in [-0.2, 0) is 24.3 Å². The van der Waals surface area contributed by atoms with E-state index in [-0.39, 0.29) is 23.8 Å². The minimum absolute atomic E-state index is 0.110. The Kier molecular flexibility index (Phi) is 9.44. The van der Waals surface area contributed by atoms with Crippen molar-refractivity contribution >= 4 is 33.7 Å². The van der Waals surface area contributed by atoms with Crippen molar-refractivity contribution in [3.63, 3.8) is 0 Å². The lowest BCUT2D eigenvalue weighted by Gasteiger charge is -2.33. The summed E-state index contributed by atoms with van der Waals surface area (Å²) in [5.74, 6) is -0.858. The molecular formula is C28H36N4O7S. The zero-order valence-electron chi connectivity index (χ0n) is 23.0. The molecule has 2 aliphatic rings. The molecule has 2 fully saturated rings. The molecule has 0 unspecified atom stereocenters. The average Bonchev–Trinajstić information content (AvgIpc) is 3.46. The third-order valence-corrected chi connectivity index (χ3v) is 8.99. The highest BCUT2D eigenvalue weighted by molar-refractivity contribution is 7.89. The third kappa shape index (κ3) is 6.45. The van der Waals surface area contributed by atoms with Crippen LogP contribution in [0, 0.1) is 6.92 Å². The van der Waals surface area contributed by atoms with E-state index in [2.05, 4.69) is 5.32 Å². The maximum absolute atomic E-state index is 14.0. The standard InChI is InChI=1S/C28H36N4O7S/c1-4-38-27(34)21(3)32(22-9-11-23(12-10-22)39-28(35)30-18-15-29-16-19-30)26(33)25-6-5-17-31(25)40(36,37)24-13-7-20(2)8-14-24/h7-14,21,25,29H,4-6,15-19H2,1-3H3/t21-,25-/m0/s1. The van der Waals surface area contributed by atoms with Crippen molar-refractivity contribution in [2.45, 2.75) is 50.6 Å². The number of anilines is 1. The van der Waals surface area contributed by atoms with E-state index in [1.165, 1.54) is 21.3 Å². The van der Waals surface area contributed by atoms with Crippen LogP contribution in [0.2, 0.25) is 0 Å². The van der Waals surface area contributed by atoms with Gasteiger partial charge in [0.15, 0.2) is 0 Å². The van der Waals surface area contributed by atoms with Gasteiger partial charge in [0.05, 0.1) is 11.5 Å². The van der Waals surface area contributed by atoms with Gasteiger partial charge in [0.1, 0.15) is 17.8 Å². The second-order valence-corrected chi connectivity index (χ2v) is 11.7. The topological polar surface area (TPSA) is 126 Å². The van der Waals surface area contributed by atoms with Gasteiger partial charge in [-0.1, -0.05) is 17.7 Å². The number of esters is 1. The van der Waals surface area contributed by atoms with Crippen LogP contribution >= 0.6 is 0 Å². The summed E-state index contributed by atoms with van der Waals surface area (Å²) >= 11 is 0. The number of hydrogen-bond donors (Lipinski definition) is 1. The van der Waals surface area contributed by atoms with E-state index >= 15 is 0 Å². The molecule has 2 aromatic rings. The van der Waals surface area contributed by atoms with Crippen molar-refractivity contribution in [2.75, 3.05) is 44.2 Å². The first kappa shape index (κ1) is 29.5. The highest BCUT2D eigenvalue weighted by Gasteiger charge is 2.43. The Labute approximate surface area is 235 Å². The summed E-state index contributed by atoms with van der Waals surface area (Å²) in [4.78, 5) is 42.3. The molecule has 0 spiro atoms. The molecular weight excluding hydrogens is 536 g/mol. The number of hydrogen-bond acceptors (Lipinski definition) is 8. The van der Waals surface area contributed by atoms with Gasteiger partial charge in [0.2, 0.25) is 15.9 Å². The van der Waals surface area contributed by atoms with Crippen molar-refractivity contribution in [3.8, 4) is 5.75 Å². The number of rotatable bonds is 8. The molecule has 4 rings (SSSR count). The fourth-order valence-electron chi connectivity index (χ4n) is 4.88. The Bertz CT molecular complexity index is 1310. The summed E-state index contributed by atoms with van der Waals surface area (Å²) in [6.45, 7) is 7.86. The van der Waals surface area contributed by atoms with E-state index < -0.39 is 40.1 Å². The largest absolute Gasteiger partial charge is 0.464 e. The van der Waals surface area contributed by atoms with Crippen molar-refractivity contribution in [3.05, 3.63) is 54.1 Å². The number of sulfonamides is 1. The normalized spacial score (nSPS) is 18.7. The fourth-order valence-corrected chi connectivity index (χ4v) is 6.53.